The summed E-state index contributed by atoms with van der Waals surface area (Å²) < 4.78 is 11.6. The molecule has 0 radical (unpaired) electrons. The van der Waals surface area contributed by atoms with E-state index >= 15 is 0 Å². The van der Waals surface area contributed by atoms with Crippen LogP contribution in [0.1, 0.15) is 29.2 Å². The van der Waals surface area contributed by atoms with Gasteiger partial charge in [-0.15, -0.1) is 21.5 Å². The second-order valence-electron chi connectivity index (χ2n) is 6.81. The van der Waals surface area contributed by atoms with Gasteiger partial charge < -0.3 is 9.15 Å². The van der Waals surface area contributed by atoms with E-state index in [0.29, 0.717) is 30.0 Å². The van der Waals surface area contributed by atoms with Crippen molar-refractivity contribution in [1.82, 2.24) is 15.1 Å². The molecule has 1 aliphatic carbocycles. The Morgan fingerprint density at radius 3 is 2.96 bits per heavy atom. The van der Waals surface area contributed by atoms with Gasteiger partial charge in [-0.2, -0.15) is 0 Å². The highest BCUT2D eigenvalue weighted by Crippen LogP contribution is 2.35. The van der Waals surface area contributed by atoms with Gasteiger partial charge in [0.2, 0.25) is 5.89 Å². The molecule has 0 amide bonds. The average molecular weight is 404 g/mol. The second kappa shape index (κ2) is 8.42. The molecule has 7 heteroatoms. The van der Waals surface area contributed by atoms with Crippen molar-refractivity contribution in [2.75, 3.05) is 20.2 Å². The summed E-state index contributed by atoms with van der Waals surface area (Å²) in [4.78, 5) is 4.67. The number of nitrogens with zero attached hydrogens (tertiary/aromatic N) is 3. The van der Waals surface area contributed by atoms with Crippen LogP contribution in [0.2, 0.25) is 5.02 Å². The molecule has 0 spiro atoms. The van der Waals surface area contributed by atoms with Crippen molar-refractivity contribution < 1.29 is 9.15 Å². The third-order valence-electron chi connectivity index (χ3n) is 4.62. The fourth-order valence-corrected chi connectivity index (χ4v) is 4.55. The molecular weight excluding hydrogens is 382 g/mol. The molecule has 1 aromatic carbocycles. The highest BCUT2D eigenvalue weighted by Gasteiger charge is 2.18. The van der Waals surface area contributed by atoms with E-state index in [2.05, 4.69) is 21.2 Å². The van der Waals surface area contributed by atoms with Crippen molar-refractivity contribution in [2.24, 2.45) is 0 Å². The summed E-state index contributed by atoms with van der Waals surface area (Å²) >= 11 is 7.76. The molecule has 2 heterocycles. The highest BCUT2D eigenvalue weighted by atomic mass is 35.5. The van der Waals surface area contributed by atoms with Gasteiger partial charge >= 0.3 is 0 Å². The van der Waals surface area contributed by atoms with Gasteiger partial charge in [-0.05, 0) is 62.6 Å². The summed E-state index contributed by atoms with van der Waals surface area (Å²) in [7, 11) is 2.01. The molecule has 27 heavy (non-hydrogen) atoms. The highest BCUT2D eigenvalue weighted by molar-refractivity contribution is 7.15. The zero-order chi connectivity index (χ0) is 18.6. The van der Waals surface area contributed by atoms with Gasteiger partial charge in [0.25, 0.3) is 5.89 Å². The van der Waals surface area contributed by atoms with Gasteiger partial charge in [-0.25, -0.2) is 0 Å². The Balaban J connectivity index is 1.30. The van der Waals surface area contributed by atoms with E-state index in [1.807, 2.05) is 31.3 Å². The van der Waals surface area contributed by atoms with Gasteiger partial charge in [0, 0.05) is 16.4 Å². The molecule has 3 aromatic rings. The largest absolute Gasteiger partial charge is 0.492 e. The fourth-order valence-electron chi connectivity index (χ4n) is 3.20. The minimum Gasteiger partial charge on any atom is -0.492 e. The van der Waals surface area contributed by atoms with Crippen molar-refractivity contribution >= 4 is 22.9 Å². The minimum atomic E-state index is 0.565. The zero-order valence-electron chi connectivity index (χ0n) is 15.3. The zero-order valence-corrected chi connectivity index (χ0v) is 16.9. The Morgan fingerprint density at radius 1 is 1.22 bits per heavy atom. The van der Waals surface area contributed by atoms with Crippen LogP contribution in [0.15, 0.2) is 34.7 Å². The van der Waals surface area contributed by atoms with Gasteiger partial charge in [0.15, 0.2) is 0 Å². The van der Waals surface area contributed by atoms with Crippen LogP contribution in [-0.4, -0.2) is 35.3 Å². The van der Waals surface area contributed by atoms with Gasteiger partial charge in [0.05, 0.1) is 11.4 Å². The number of hydrogen-bond acceptors (Lipinski definition) is 6. The Morgan fingerprint density at radius 2 is 2.11 bits per heavy atom. The predicted octanol–water partition coefficient (Wildman–Crippen LogP) is 4.84. The maximum Gasteiger partial charge on any atom is 0.257 e. The number of hydrogen-bond donors (Lipinski definition) is 0. The van der Waals surface area contributed by atoms with E-state index in [0.717, 1.165) is 17.2 Å². The number of thiophene rings is 1. The molecule has 0 saturated carbocycles. The first-order valence-corrected chi connectivity index (χ1v) is 10.4. The first-order valence-electron chi connectivity index (χ1n) is 9.18. The summed E-state index contributed by atoms with van der Waals surface area (Å²) in [6, 6.07) is 9.64. The normalized spacial score (nSPS) is 13.7. The number of benzene rings is 1. The molecule has 0 unspecified atom stereocenters. The van der Waals surface area contributed by atoms with E-state index in [1.165, 1.54) is 36.1 Å². The Hall–Kier alpha value is -1.89. The summed E-state index contributed by atoms with van der Waals surface area (Å²) in [6.07, 6.45) is 4.91. The monoisotopic (exact) mass is 403 g/mol. The van der Waals surface area contributed by atoms with Crippen LogP contribution in [-0.2, 0) is 19.4 Å². The summed E-state index contributed by atoms with van der Waals surface area (Å²) in [5, 5.41) is 9.12. The van der Waals surface area contributed by atoms with E-state index in [9.17, 15) is 0 Å². The molecular formula is C20H22ClN3O2S. The summed E-state index contributed by atoms with van der Waals surface area (Å²) in [5.41, 5.74) is 1.45. The first-order chi connectivity index (χ1) is 13.2. The molecule has 0 N–H and O–H groups in total. The van der Waals surface area contributed by atoms with E-state index < -0.39 is 0 Å². The molecule has 0 aliphatic heterocycles. The van der Waals surface area contributed by atoms with E-state index in [4.69, 9.17) is 20.8 Å². The van der Waals surface area contributed by atoms with Crippen LogP contribution in [0.3, 0.4) is 0 Å². The maximum atomic E-state index is 5.96. The Bertz CT molecular complexity index is 885. The Labute approximate surface area is 167 Å². The number of fused-ring (bicyclic) bond motifs is 1. The number of likely N-dealkylation sites (N-methyl/N-ethyl adjacent to an activating group) is 1. The van der Waals surface area contributed by atoms with Crippen molar-refractivity contribution in [3.8, 4) is 16.5 Å². The SMILES string of the molecule is CN(CCOc1cccc(Cl)c1)Cc1nnc(-c2cc3c(s2)CCCC3)o1. The predicted molar refractivity (Wildman–Crippen MR) is 108 cm³/mol. The van der Waals surface area contributed by atoms with E-state index in [1.54, 1.807) is 11.3 Å². The van der Waals surface area contributed by atoms with Gasteiger partial charge in [-0.1, -0.05) is 17.7 Å². The second-order valence-corrected chi connectivity index (χ2v) is 8.38. The molecule has 0 atom stereocenters. The lowest BCUT2D eigenvalue weighted by atomic mass is 9.99. The molecule has 0 saturated heterocycles. The third-order valence-corrected chi connectivity index (χ3v) is 6.08. The lowest BCUT2D eigenvalue weighted by Gasteiger charge is -2.14. The minimum absolute atomic E-state index is 0.565. The number of ether oxygens (including phenoxy) is 1. The molecule has 0 fully saturated rings. The number of aryl methyl sites for hydroxylation is 2. The topological polar surface area (TPSA) is 51.4 Å². The molecule has 1 aliphatic rings. The number of rotatable bonds is 7. The molecule has 5 nitrogen and oxygen atoms in total. The van der Waals surface area contributed by atoms with Crippen molar-refractivity contribution in [3.63, 3.8) is 0 Å². The number of aromatic nitrogens is 2. The van der Waals surface area contributed by atoms with Crippen molar-refractivity contribution in [3.05, 3.63) is 51.7 Å². The molecule has 2 aromatic heterocycles. The number of halogens is 1. The van der Waals surface area contributed by atoms with Gasteiger partial charge in [0.1, 0.15) is 12.4 Å². The standard InChI is InChI=1S/C20H22ClN3O2S/c1-24(9-10-25-16-7-4-6-15(21)12-16)13-19-22-23-20(26-19)18-11-14-5-2-3-8-17(14)27-18/h4,6-7,11-12H,2-3,5,8-10,13H2,1H3. The van der Waals surface area contributed by atoms with Crippen molar-refractivity contribution in [1.29, 1.82) is 0 Å². The quantitative estimate of drug-likeness (QED) is 0.564. The molecule has 142 valence electrons. The fraction of sp³-hybridized carbons (Fsp3) is 0.400. The van der Waals surface area contributed by atoms with E-state index in [-0.39, 0.29) is 0 Å². The maximum absolute atomic E-state index is 5.96. The lowest BCUT2D eigenvalue weighted by Crippen LogP contribution is -2.24. The van der Waals surface area contributed by atoms with Crippen LogP contribution in [0.25, 0.3) is 10.8 Å². The third kappa shape index (κ3) is 4.69. The average Bonchev–Trinajstić information content (AvgIpc) is 3.28. The van der Waals surface area contributed by atoms with Crippen LogP contribution in [0.4, 0.5) is 0 Å². The van der Waals surface area contributed by atoms with Gasteiger partial charge in [-0.3, -0.25) is 4.90 Å². The van der Waals surface area contributed by atoms with Crippen molar-refractivity contribution in [2.45, 2.75) is 32.2 Å². The summed E-state index contributed by atoms with van der Waals surface area (Å²) in [6.45, 7) is 1.91. The first kappa shape index (κ1) is 18.5. The van der Waals surface area contributed by atoms with Crippen LogP contribution in [0, 0.1) is 0 Å². The lowest BCUT2D eigenvalue weighted by molar-refractivity contribution is 0.220. The molecule has 4 rings (SSSR count). The summed E-state index contributed by atoms with van der Waals surface area (Å²) in [5.74, 6) is 2.03. The van der Waals surface area contributed by atoms with Crippen LogP contribution < -0.4 is 4.74 Å². The van der Waals surface area contributed by atoms with Crippen LogP contribution in [0.5, 0.6) is 5.75 Å². The van der Waals surface area contributed by atoms with Crippen LogP contribution >= 0.6 is 22.9 Å². The smallest absolute Gasteiger partial charge is 0.257 e. The Kier molecular flexibility index (Phi) is 5.76. The molecule has 0 bridgehead atoms.